The zero-order valence-corrected chi connectivity index (χ0v) is 10.1. The lowest BCUT2D eigenvalue weighted by molar-refractivity contribution is 0.111. The second-order valence-electron chi connectivity index (χ2n) is 4.30. The Morgan fingerprint density at radius 3 is 2.58 bits per heavy atom. The number of fused-ring (bicyclic) bond motifs is 1. The van der Waals surface area contributed by atoms with Gasteiger partial charge in [-0.15, -0.1) is 0 Å². The van der Waals surface area contributed by atoms with E-state index >= 15 is 0 Å². The van der Waals surface area contributed by atoms with E-state index in [2.05, 4.69) is 5.10 Å². The molecule has 0 saturated heterocycles. The molecule has 4 heteroatoms. The highest BCUT2D eigenvalue weighted by Crippen LogP contribution is 2.18. The van der Waals surface area contributed by atoms with Crippen LogP contribution in [-0.2, 0) is 6.54 Å². The molecular formula is C15H11FN2O. The molecule has 0 aliphatic carbocycles. The van der Waals surface area contributed by atoms with E-state index in [4.69, 9.17) is 0 Å². The summed E-state index contributed by atoms with van der Waals surface area (Å²) >= 11 is 0. The molecule has 0 bridgehead atoms. The van der Waals surface area contributed by atoms with Gasteiger partial charge in [-0.25, -0.2) is 4.39 Å². The Labute approximate surface area is 109 Å². The zero-order valence-electron chi connectivity index (χ0n) is 10.1. The number of hydrogen-bond donors (Lipinski definition) is 0. The van der Waals surface area contributed by atoms with E-state index in [1.165, 1.54) is 12.1 Å². The number of benzene rings is 2. The number of nitrogens with zero attached hydrogens (tertiary/aromatic N) is 2. The van der Waals surface area contributed by atoms with Gasteiger partial charge < -0.3 is 0 Å². The Kier molecular flexibility index (Phi) is 2.83. The van der Waals surface area contributed by atoms with Crippen LogP contribution in [0.25, 0.3) is 10.9 Å². The first-order valence-electron chi connectivity index (χ1n) is 5.93. The van der Waals surface area contributed by atoms with Gasteiger partial charge in [-0.2, -0.15) is 5.10 Å². The van der Waals surface area contributed by atoms with E-state index in [-0.39, 0.29) is 5.82 Å². The van der Waals surface area contributed by atoms with Gasteiger partial charge in [-0.05, 0) is 23.8 Å². The summed E-state index contributed by atoms with van der Waals surface area (Å²) in [6, 6.07) is 13.8. The van der Waals surface area contributed by atoms with Crippen molar-refractivity contribution >= 4 is 17.2 Å². The van der Waals surface area contributed by atoms with Crippen LogP contribution in [0.4, 0.5) is 4.39 Å². The molecule has 0 fully saturated rings. The minimum Gasteiger partial charge on any atom is -0.296 e. The summed E-state index contributed by atoms with van der Waals surface area (Å²) in [6.45, 7) is 0.509. The van der Waals surface area contributed by atoms with Crippen LogP contribution in [0.5, 0.6) is 0 Å². The fourth-order valence-corrected chi connectivity index (χ4v) is 2.12. The van der Waals surface area contributed by atoms with Crippen LogP contribution >= 0.6 is 0 Å². The predicted molar refractivity (Wildman–Crippen MR) is 70.6 cm³/mol. The van der Waals surface area contributed by atoms with Gasteiger partial charge in [-0.3, -0.25) is 9.48 Å². The summed E-state index contributed by atoms with van der Waals surface area (Å²) in [5.41, 5.74) is 2.26. The topological polar surface area (TPSA) is 34.9 Å². The van der Waals surface area contributed by atoms with E-state index in [1.807, 2.05) is 24.3 Å². The second kappa shape index (κ2) is 4.65. The van der Waals surface area contributed by atoms with Crippen molar-refractivity contribution in [3.05, 3.63) is 65.6 Å². The maximum absolute atomic E-state index is 12.9. The van der Waals surface area contributed by atoms with Crippen LogP contribution in [0.3, 0.4) is 0 Å². The van der Waals surface area contributed by atoms with Gasteiger partial charge in [0.15, 0.2) is 6.29 Å². The third-order valence-corrected chi connectivity index (χ3v) is 3.04. The van der Waals surface area contributed by atoms with Crippen LogP contribution in [0.1, 0.15) is 16.1 Å². The lowest BCUT2D eigenvalue weighted by Crippen LogP contribution is -2.02. The maximum Gasteiger partial charge on any atom is 0.170 e. The Balaban J connectivity index is 2.05. The molecule has 0 amide bonds. The first-order valence-corrected chi connectivity index (χ1v) is 5.93. The number of aldehydes is 1. The molecule has 1 heterocycles. The molecule has 3 aromatic rings. The number of halogens is 1. The third-order valence-electron chi connectivity index (χ3n) is 3.04. The SMILES string of the molecule is O=Cc1nn(Cc2ccc(F)cc2)c2ccccc12. The van der Waals surface area contributed by atoms with Crippen molar-refractivity contribution in [2.75, 3.05) is 0 Å². The summed E-state index contributed by atoms with van der Waals surface area (Å²) in [5, 5.41) is 5.11. The van der Waals surface area contributed by atoms with Gasteiger partial charge in [-0.1, -0.05) is 30.3 Å². The minimum atomic E-state index is -0.261. The van der Waals surface area contributed by atoms with Gasteiger partial charge in [0.05, 0.1) is 12.1 Å². The molecule has 3 rings (SSSR count). The molecule has 0 saturated carbocycles. The second-order valence-corrected chi connectivity index (χ2v) is 4.30. The molecule has 0 unspecified atom stereocenters. The molecule has 0 spiro atoms. The van der Waals surface area contributed by atoms with Crippen LogP contribution in [-0.4, -0.2) is 16.1 Å². The summed E-state index contributed by atoms with van der Waals surface area (Å²) in [5.74, 6) is -0.261. The Bertz CT molecular complexity index is 731. The average molecular weight is 254 g/mol. The van der Waals surface area contributed by atoms with Crippen molar-refractivity contribution < 1.29 is 9.18 Å². The molecule has 0 radical (unpaired) electrons. The van der Waals surface area contributed by atoms with Gasteiger partial charge >= 0.3 is 0 Å². The van der Waals surface area contributed by atoms with E-state index in [0.717, 1.165) is 22.8 Å². The van der Waals surface area contributed by atoms with Crippen LogP contribution in [0, 0.1) is 5.82 Å². The minimum absolute atomic E-state index is 0.261. The number of rotatable bonds is 3. The van der Waals surface area contributed by atoms with Gasteiger partial charge in [0.1, 0.15) is 11.5 Å². The van der Waals surface area contributed by atoms with Crippen LogP contribution in [0.2, 0.25) is 0 Å². The lowest BCUT2D eigenvalue weighted by atomic mass is 10.2. The van der Waals surface area contributed by atoms with Gasteiger partial charge in [0, 0.05) is 5.39 Å². The molecule has 3 nitrogen and oxygen atoms in total. The van der Waals surface area contributed by atoms with Crippen molar-refractivity contribution in [3.63, 3.8) is 0 Å². The number of aromatic nitrogens is 2. The molecular weight excluding hydrogens is 243 g/mol. The average Bonchev–Trinajstić information content (AvgIpc) is 2.80. The molecule has 94 valence electrons. The van der Waals surface area contributed by atoms with Gasteiger partial charge in [0.25, 0.3) is 0 Å². The highest BCUT2D eigenvalue weighted by atomic mass is 19.1. The van der Waals surface area contributed by atoms with Crippen molar-refractivity contribution in [1.82, 2.24) is 9.78 Å². The molecule has 2 aromatic carbocycles. The highest BCUT2D eigenvalue weighted by Gasteiger charge is 2.09. The predicted octanol–water partition coefficient (Wildman–Crippen LogP) is 3.04. The first-order chi connectivity index (χ1) is 9.28. The normalized spacial score (nSPS) is 10.8. The first kappa shape index (κ1) is 11.6. The molecule has 0 aliphatic heterocycles. The molecule has 0 N–H and O–H groups in total. The fraction of sp³-hybridized carbons (Fsp3) is 0.0667. The quantitative estimate of drug-likeness (QED) is 0.673. The standard InChI is InChI=1S/C15H11FN2O/c16-12-7-5-11(6-8-12)9-18-15-4-2-1-3-13(15)14(10-19)17-18/h1-8,10H,9H2. The number of carbonyl (C=O) groups is 1. The Morgan fingerprint density at radius 1 is 1.11 bits per heavy atom. The number of carbonyl (C=O) groups excluding carboxylic acids is 1. The summed E-state index contributed by atoms with van der Waals surface area (Å²) in [6.07, 6.45) is 0.753. The largest absolute Gasteiger partial charge is 0.296 e. The molecule has 19 heavy (non-hydrogen) atoms. The van der Waals surface area contributed by atoms with E-state index in [1.54, 1.807) is 16.8 Å². The fourth-order valence-electron chi connectivity index (χ4n) is 2.12. The van der Waals surface area contributed by atoms with Crippen molar-refractivity contribution in [1.29, 1.82) is 0 Å². The summed E-state index contributed by atoms with van der Waals surface area (Å²) < 4.78 is 14.6. The van der Waals surface area contributed by atoms with Crippen molar-refractivity contribution in [3.8, 4) is 0 Å². The molecule has 0 atom stereocenters. The third kappa shape index (κ3) is 2.12. The smallest absolute Gasteiger partial charge is 0.170 e. The Hall–Kier alpha value is -2.49. The van der Waals surface area contributed by atoms with Gasteiger partial charge in [0.2, 0.25) is 0 Å². The van der Waals surface area contributed by atoms with Crippen LogP contribution in [0.15, 0.2) is 48.5 Å². The van der Waals surface area contributed by atoms with Crippen molar-refractivity contribution in [2.24, 2.45) is 0 Å². The zero-order chi connectivity index (χ0) is 13.2. The number of para-hydroxylation sites is 1. The summed E-state index contributed by atoms with van der Waals surface area (Å²) in [4.78, 5) is 11.0. The number of hydrogen-bond acceptors (Lipinski definition) is 2. The highest BCUT2D eigenvalue weighted by molar-refractivity contribution is 5.95. The summed E-state index contributed by atoms with van der Waals surface area (Å²) in [7, 11) is 0. The maximum atomic E-state index is 12.9. The monoisotopic (exact) mass is 254 g/mol. The Morgan fingerprint density at radius 2 is 1.84 bits per heavy atom. The van der Waals surface area contributed by atoms with E-state index in [0.29, 0.717) is 12.2 Å². The van der Waals surface area contributed by atoms with Crippen molar-refractivity contribution in [2.45, 2.75) is 6.54 Å². The van der Waals surface area contributed by atoms with Crippen LogP contribution < -0.4 is 0 Å². The van der Waals surface area contributed by atoms with E-state index < -0.39 is 0 Å². The lowest BCUT2D eigenvalue weighted by Gasteiger charge is -2.03. The molecule has 0 aliphatic rings. The van der Waals surface area contributed by atoms with E-state index in [9.17, 15) is 9.18 Å². The molecule has 1 aromatic heterocycles.